The van der Waals surface area contributed by atoms with Gasteiger partial charge in [0.25, 0.3) is 11.7 Å². The lowest BCUT2D eigenvalue weighted by Crippen LogP contribution is -2.20. The number of carbonyl (C=O) groups is 2. The van der Waals surface area contributed by atoms with E-state index in [-0.39, 0.29) is 24.3 Å². The van der Waals surface area contributed by atoms with Crippen LogP contribution in [0.15, 0.2) is 53.4 Å². The van der Waals surface area contributed by atoms with Crippen LogP contribution in [0.1, 0.15) is 12.8 Å². The summed E-state index contributed by atoms with van der Waals surface area (Å²) in [5.74, 6) is -2.30. The molecule has 1 aliphatic carbocycles. The molecule has 1 fully saturated rings. The fourth-order valence-electron chi connectivity index (χ4n) is 2.32. The van der Waals surface area contributed by atoms with Crippen molar-refractivity contribution in [3.05, 3.63) is 48.5 Å². The highest BCUT2D eigenvalue weighted by Crippen LogP contribution is 2.30. The van der Waals surface area contributed by atoms with Gasteiger partial charge in [0.1, 0.15) is 5.75 Å². The number of rotatable bonds is 8. The lowest BCUT2D eigenvalue weighted by Gasteiger charge is -2.10. The molecular formula is C19H18F2N2O3S. The van der Waals surface area contributed by atoms with Crippen molar-refractivity contribution < 1.29 is 23.1 Å². The number of hydrogen-bond donors (Lipinski definition) is 2. The van der Waals surface area contributed by atoms with Crippen molar-refractivity contribution in [2.45, 2.75) is 23.5 Å². The molecule has 0 bridgehead atoms. The van der Waals surface area contributed by atoms with Gasteiger partial charge < -0.3 is 15.4 Å². The van der Waals surface area contributed by atoms with Gasteiger partial charge in [0.2, 0.25) is 5.91 Å². The molecule has 0 spiro atoms. The third-order valence-corrected chi connectivity index (χ3v) is 4.51. The number of thioether (sulfide) groups is 1. The summed E-state index contributed by atoms with van der Waals surface area (Å²) in [6.45, 7) is -0.215. The summed E-state index contributed by atoms with van der Waals surface area (Å²) in [5.41, 5.74) is 1.12. The zero-order valence-electron chi connectivity index (χ0n) is 14.3. The number of anilines is 2. The molecule has 2 aromatic rings. The molecule has 0 atom stereocenters. The van der Waals surface area contributed by atoms with E-state index in [0.29, 0.717) is 33.8 Å². The Balaban J connectivity index is 1.47. The van der Waals surface area contributed by atoms with Crippen LogP contribution in [0.4, 0.5) is 20.2 Å². The second-order valence-electron chi connectivity index (χ2n) is 6.03. The summed E-state index contributed by atoms with van der Waals surface area (Å²) in [6, 6.07) is 13.0. The number of amides is 2. The molecule has 2 N–H and O–H groups in total. The largest absolute Gasteiger partial charge is 0.484 e. The fourth-order valence-corrected chi connectivity index (χ4v) is 2.82. The summed E-state index contributed by atoms with van der Waals surface area (Å²) >= 11 is 0.444. The van der Waals surface area contributed by atoms with Gasteiger partial charge in [-0.2, -0.15) is 8.78 Å². The average molecular weight is 392 g/mol. The lowest BCUT2D eigenvalue weighted by molar-refractivity contribution is -0.118. The van der Waals surface area contributed by atoms with E-state index in [4.69, 9.17) is 4.74 Å². The highest BCUT2D eigenvalue weighted by molar-refractivity contribution is 7.99. The van der Waals surface area contributed by atoms with Crippen LogP contribution in [0, 0.1) is 5.92 Å². The van der Waals surface area contributed by atoms with Crippen molar-refractivity contribution in [1.82, 2.24) is 0 Å². The average Bonchev–Trinajstić information content (AvgIpc) is 3.47. The molecule has 8 heteroatoms. The van der Waals surface area contributed by atoms with Crippen molar-refractivity contribution in [3.8, 4) is 5.75 Å². The molecule has 3 rings (SSSR count). The molecule has 5 nitrogen and oxygen atoms in total. The predicted octanol–water partition coefficient (Wildman–Crippen LogP) is 4.37. The topological polar surface area (TPSA) is 67.4 Å². The van der Waals surface area contributed by atoms with Crippen LogP contribution in [0.25, 0.3) is 0 Å². The first kappa shape index (κ1) is 19.2. The van der Waals surface area contributed by atoms with Crippen molar-refractivity contribution >= 4 is 35.0 Å². The minimum absolute atomic E-state index is 0.00153. The van der Waals surface area contributed by atoms with Crippen molar-refractivity contribution in [2.24, 2.45) is 5.92 Å². The molecule has 142 valence electrons. The number of hydrogen-bond acceptors (Lipinski definition) is 4. The number of ether oxygens (including phenoxy) is 1. The van der Waals surface area contributed by atoms with Crippen LogP contribution < -0.4 is 15.4 Å². The van der Waals surface area contributed by atoms with Gasteiger partial charge in [-0.05, 0) is 49.2 Å². The van der Waals surface area contributed by atoms with Crippen molar-refractivity contribution in [1.29, 1.82) is 0 Å². The van der Waals surface area contributed by atoms with Gasteiger partial charge in [0.15, 0.2) is 6.61 Å². The number of carbonyl (C=O) groups excluding carboxylic acids is 2. The van der Waals surface area contributed by atoms with E-state index < -0.39 is 5.76 Å². The quantitative estimate of drug-likeness (QED) is 0.655. The summed E-state index contributed by atoms with van der Waals surface area (Å²) < 4.78 is 30.0. The van der Waals surface area contributed by atoms with Gasteiger partial charge >= 0.3 is 0 Å². The fraction of sp³-hybridized carbons (Fsp3) is 0.263. The van der Waals surface area contributed by atoms with Crippen LogP contribution in [0.3, 0.4) is 0 Å². The highest BCUT2D eigenvalue weighted by atomic mass is 32.2. The minimum atomic E-state index is -2.48. The smallest absolute Gasteiger partial charge is 0.288 e. The molecule has 0 unspecified atom stereocenters. The molecular weight excluding hydrogens is 374 g/mol. The molecule has 2 amide bonds. The second kappa shape index (κ2) is 8.85. The van der Waals surface area contributed by atoms with E-state index in [9.17, 15) is 18.4 Å². The molecule has 2 aromatic carbocycles. The molecule has 27 heavy (non-hydrogen) atoms. The second-order valence-corrected chi connectivity index (χ2v) is 7.09. The normalized spacial score (nSPS) is 13.3. The van der Waals surface area contributed by atoms with E-state index >= 15 is 0 Å². The molecule has 1 saturated carbocycles. The van der Waals surface area contributed by atoms with Gasteiger partial charge in [0, 0.05) is 28.3 Å². The van der Waals surface area contributed by atoms with E-state index in [1.807, 2.05) is 0 Å². The number of nitrogens with one attached hydrogen (secondary N) is 2. The van der Waals surface area contributed by atoms with Crippen molar-refractivity contribution in [2.75, 3.05) is 17.2 Å². The first-order chi connectivity index (χ1) is 13.0. The maximum Gasteiger partial charge on any atom is 0.288 e. The summed E-state index contributed by atoms with van der Waals surface area (Å²) in [4.78, 5) is 24.2. The molecule has 0 heterocycles. The number of halogens is 2. The monoisotopic (exact) mass is 392 g/mol. The SMILES string of the molecule is O=C(COc1cccc(NC(=O)C2CC2)c1)Nc1ccc(SC(F)F)cc1. The Morgan fingerprint density at radius 3 is 2.48 bits per heavy atom. The first-order valence-corrected chi connectivity index (χ1v) is 9.26. The Morgan fingerprint density at radius 1 is 1.07 bits per heavy atom. The Bertz CT molecular complexity index is 811. The van der Waals surface area contributed by atoms with E-state index in [2.05, 4.69) is 10.6 Å². The summed E-state index contributed by atoms with van der Waals surface area (Å²) in [6.07, 6.45) is 1.84. The highest BCUT2D eigenvalue weighted by Gasteiger charge is 2.29. The Hall–Kier alpha value is -2.61. The first-order valence-electron chi connectivity index (χ1n) is 8.38. The van der Waals surface area contributed by atoms with Crippen molar-refractivity contribution in [3.63, 3.8) is 0 Å². The van der Waals surface area contributed by atoms with E-state index in [0.717, 1.165) is 12.8 Å². The van der Waals surface area contributed by atoms with Gasteiger partial charge in [0.05, 0.1) is 0 Å². The van der Waals surface area contributed by atoms with Crippen LogP contribution >= 0.6 is 11.8 Å². The zero-order chi connectivity index (χ0) is 19.2. The van der Waals surface area contributed by atoms with E-state index in [1.54, 1.807) is 36.4 Å². The summed E-state index contributed by atoms with van der Waals surface area (Å²) in [7, 11) is 0. The van der Waals surface area contributed by atoms with Gasteiger partial charge in [-0.1, -0.05) is 17.8 Å². The van der Waals surface area contributed by atoms with E-state index in [1.165, 1.54) is 12.1 Å². The molecule has 1 aliphatic rings. The maximum atomic E-state index is 12.3. The van der Waals surface area contributed by atoms with Crippen LogP contribution in [0.5, 0.6) is 5.75 Å². The molecule has 0 saturated heterocycles. The zero-order valence-corrected chi connectivity index (χ0v) is 15.1. The standard InChI is InChI=1S/C19H18F2N2O3S/c20-19(21)27-16-8-6-13(7-9-16)22-17(24)11-26-15-3-1-2-14(10-15)23-18(25)12-4-5-12/h1-3,6-10,12,19H,4-5,11H2,(H,22,24)(H,23,25). The Kier molecular flexibility index (Phi) is 6.28. The minimum Gasteiger partial charge on any atom is -0.484 e. The molecule has 0 radical (unpaired) electrons. The maximum absolute atomic E-state index is 12.3. The summed E-state index contributed by atoms with van der Waals surface area (Å²) in [5, 5.41) is 5.45. The number of alkyl halides is 2. The van der Waals surface area contributed by atoms with Crippen LogP contribution in [-0.2, 0) is 9.59 Å². The van der Waals surface area contributed by atoms with Crippen LogP contribution in [-0.4, -0.2) is 24.2 Å². The third kappa shape index (κ3) is 6.25. The Labute approximate surface area is 159 Å². The molecule has 0 aromatic heterocycles. The van der Waals surface area contributed by atoms with Gasteiger partial charge in [-0.15, -0.1) is 0 Å². The van der Waals surface area contributed by atoms with Gasteiger partial charge in [-0.3, -0.25) is 9.59 Å². The Morgan fingerprint density at radius 2 is 1.81 bits per heavy atom. The van der Waals surface area contributed by atoms with Crippen LogP contribution in [0.2, 0.25) is 0 Å². The molecule has 0 aliphatic heterocycles. The third-order valence-electron chi connectivity index (χ3n) is 3.78. The lowest BCUT2D eigenvalue weighted by atomic mass is 10.3. The predicted molar refractivity (Wildman–Crippen MR) is 100 cm³/mol. The number of benzene rings is 2. The van der Waals surface area contributed by atoms with Gasteiger partial charge in [-0.25, -0.2) is 0 Å².